The van der Waals surface area contributed by atoms with Crippen LogP contribution < -0.4 is 0 Å². The van der Waals surface area contributed by atoms with Crippen LogP contribution in [0.3, 0.4) is 0 Å². The molecule has 0 spiro atoms. The molecule has 2 atom stereocenters. The van der Waals surface area contributed by atoms with E-state index in [4.69, 9.17) is 10.1 Å². The lowest BCUT2D eigenvalue weighted by Gasteiger charge is -2.29. The minimum atomic E-state index is 0.838. The lowest BCUT2D eigenvalue weighted by Crippen LogP contribution is -2.37. The van der Waals surface area contributed by atoms with Crippen molar-refractivity contribution in [2.45, 2.75) is 19.3 Å². The van der Waals surface area contributed by atoms with Gasteiger partial charge in [0.1, 0.15) is 0 Å². The molecule has 0 amide bonds. The zero-order valence-corrected chi connectivity index (χ0v) is 8.54. The maximum atomic E-state index is 7.87. The van der Waals surface area contributed by atoms with E-state index in [1.807, 2.05) is 0 Å². The topological polar surface area (TPSA) is 36.3 Å². The van der Waals surface area contributed by atoms with Gasteiger partial charge in [0.25, 0.3) is 0 Å². The fraction of sp³-hybridized carbons (Fsp3) is 0.909. The molecule has 14 heavy (non-hydrogen) atoms. The Kier molecular flexibility index (Phi) is 2.01. The summed E-state index contributed by atoms with van der Waals surface area (Å²) < 4.78 is 5.38. The summed E-state index contributed by atoms with van der Waals surface area (Å²) in [5.41, 5.74) is 0. The average molecular weight is 194 g/mol. The van der Waals surface area contributed by atoms with Crippen LogP contribution in [-0.4, -0.2) is 37.0 Å². The van der Waals surface area contributed by atoms with E-state index in [-0.39, 0.29) is 0 Å². The Labute approximate surface area is 84.9 Å². The van der Waals surface area contributed by atoms with Gasteiger partial charge in [-0.05, 0) is 30.6 Å². The van der Waals surface area contributed by atoms with Gasteiger partial charge in [-0.1, -0.05) is 0 Å². The minimum absolute atomic E-state index is 0.838. The SMILES string of the molecule is N=C1CCCCN1CC1C2COCC21. The molecule has 0 aromatic carbocycles. The molecular weight excluding hydrogens is 176 g/mol. The number of rotatable bonds is 2. The summed E-state index contributed by atoms with van der Waals surface area (Å²) in [6, 6.07) is 0. The summed E-state index contributed by atoms with van der Waals surface area (Å²) in [5.74, 6) is 3.40. The largest absolute Gasteiger partial charge is 0.381 e. The second-order valence-corrected chi connectivity index (χ2v) is 4.88. The number of ether oxygens (including phenoxy) is 1. The van der Waals surface area contributed by atoms with Crippen molar-refractivity contribution >= 4 is 5.84 Å². The zero-order valence-electron chi connectivity index (χ0n) is 8.54. The van der Waals surface area contributed by atoms with E-state index in [1.54, 1.807) is 0 Å². The molecule has 1 aliphatic carbocycles. The molecular formula is C11H18N2O. The van der Waals surface area contributed by atoms with E-state index in [0.29, 0.717) is 0 Å². The third-order valence-corrected chi connectivity index (χ3v) is 4.03. The molecule has 3 heteroatoms. The smallest absolute Gasteiger partial charge is 0.0957 e. The molecule has 0 aromatic rings. The quantitative estimate of drug-likeness (QED) is 0.720. The molecule has 0 aromatic heterocycles. The monoisotopic (exact) mass is 194 g/mol. The van der Waals surface area contributed by atoms with Crippen LogP contribution in [0.15, 0.2) is 0 Å². The number of likely N-dealkylation sites (tertiary alicyclic amines) is 1. The average Bonchev–Trinajstić information content (AvgIpc) is 2.64. The molecule has 3 nitrogen and oxygen atoms in total. The summed E-state index contributed by atoms with van der Waals surface area (Å²) in [7, 11) is 0. The van der Waals surface area contributed by atoms with E-state index in [1.165, 1.54) is 12.8 Å². The summed E-state index contributed by atoms with van der Waals surface area (Å²) in [6.45, 7) is 4.22. The van der Waals surface area contributed by atoms with Crippen molar-refractivity contribution < 1.29 is 4.74 Å². The molecule has 2 aliphatic heterocycles. The number of hydrogen-bond donors (Lipinski definition) is 1. The molecule has 2 saturated heterocycles. The molecule has 1 N–H and O–H groups in total. The Morgan fingerprint density at radius 1 is 1.29 bits per heavy atom. The van der Waals surface area contributed by atoms with Gasteiger partial charge in [0, 0.05) is 19.5 Å². The lowest BCUT2D eigenvalue weighted by atomic mass is 10.1. The Bertz CT molecular complexity index is 244. The van der Waals surface area contributed by atoms with Gasteiger partial charge in [-0.15, -0.1) is 0 Å². The third kappa shape index (κ3) is 1.34. The first-order valence-electron chi connectivity index (χ1n) is 5.76. The fourth-order valence-electron chi connectivity index (χ4n) is 2.97. The Hall–Kier alpha value is -0.570. The molecule has 2 heterocycles. The highest BCUT2D eigenvalue weighted by molar-refractivity contribution is 5.79. The molecule has 3 rings (SSSR count). The summed E-state index contributed by atoms with van der Waals surface area (Å²) in [6.07, 6.45) is 3.50. The van der Waals surface area contributed by atoms with Crippen LogP contribution >= 0.6 is 0 Å². The second-order valence-electron chi connectivity index (χ2n) is 4.88. The van der Waals surface area contributed by atoms with Crippen molar-refractivity contribution in [1.29, 1.82) is 5.41 Å². The molecule has 3 aliphatic rings. The van der Waals surface area contributed by atoms with E-state index in [9.17, 15) is 0 Å². The molecule has 0 radical (unpaired) electrons. The Morgan fingerprint density at radius 2 is 2.07 bits per heavy atom. The number of hydrogen-bond acceptors (Lipinski definition) is 2. The summed E-state index contributed by atoms with van der Waals surface area (Å²) in [5, 5.41) is 7.87. The second kappa shape index (κ2) is 3.23. The molecule has 1 saturated carbocycles. The number of nitrogens with zero attached hydrogens (tertiary/aromatic N) is 1. The van der Waals surface area contributed by atoms with Gasteiger partial charge in [-0.25, -0.2) is 0 Å². The maximum Gasteiger partial charge on any atom is 0.0957 e. The summed E-state index contributed by atoms with van der Waals surface area (Å²) in [4.78, 5) is 2.30. The van der Waals surface area contributed by atoms with Crippen molar-refractivity contribution in [2.24, 2.45) is 17.8 Å². The van der Waals surface area contributed by atoms with Crippen LogP contribution in [0.1, 0.15) is 19.3 Å². The van der Waals surface area contributed by atoms with Crippen molar-refractivity contribution in [3.8, 4) is 0 Å². The molecule has 3 fully saturated rings. The van der Waals surface area contributed by atoms with Gasteiger partial charge in [0.2, 0.25) is 0 Å². The van der Waals surface area contributed by atoms with E-state index < -0.39 is 0 Å². The van der Waals surface area contributed by atoms with Crippen LogP contribution in [0.5, 0.6) is 0 Å². The van der Waals surface area contributed by atoms with Gasteiger partial charge >= 0.3 is 0 Å². The van der Waals surface area contributed by atoms with Crippen molar-refractivity contribution in [1.82, 2.24) is 4.90 Å². The van der Waals surface area contributed by atoms with Crippen LogP contribution in [-0.2, 0) is 4.74 Å². The van der Waals surface area contributed by atoms with Crippen LogP contribution in [0.25, 0.3) is 0 Å². The minimum Gasteiger partial charge on any atom is -0.381 e. The number of amidine groups is 1. The highest BCUT2D eigenvalue weighted by atomic mass is 16.5. The fourth-order valence-corrected chi connectivity index (χ4v) is 2.97. The van der Waals surface area contributed by atoms with Gasteiger partial charge in [-0.2, -0.15) is 0 Å². The Balaban J connectivity index is 1.54. The van der Waals surface area contributed by atoms with Gasteiger partial charge in [-0.3, -0.25) is 5.41 Å². The van der Waals surface area contributed by atoms with Gasteiger partial charge < -0.3 is 9.64 Å². The van der Waals surface area contributed by atoms with Crippen molar-refractivity contribution in [2.75, 3.05) is 26.3 Å². The maximum absolute atomic E-state index is 7.87. The van der Waals surface area contributed by atoms with Crippen molar-refractivity contribution in [3.05, 3.63) is 0 Å². The molecule has 2 unspecified atom stereocenters. The van der Waals surface area contributed by atoms with E-state index in [0.717, 1.165) is 56.3 Å². The first-order chi connectivity index (χ1) is 6.86. The van der Waals surface area contributed by atoms with Crippen LogP contribution in [0.2, 0.25) is 0 Å². The predicted octanol–water partition coefficient (Wildman–Crippen LogP) is 1.34. The summed E-state index contributed by atoms with van der Waals surface area (Å²) >= 11 is 0. The number of fused-ring (bicyclic) bond motifs is 1. The Morgan fingerprint density at radius 3 is 2.79 bits per heavy atom. The van der Waals surface area contributed by atoms with Gasteiger partial charge in [0.15, 0.2) is 0 Å². The predicted molar refractivity (Wildman–Crippen MR) is 54.4 cm³/mol. The van der Waals surface area contributed by atoms with E-state index in [2.05, 4.69) is 4.90 Å². The van der Waals surface area contributed by atoms with Crippen molar-refractivity contribution in [3.63, 3.8) is 0 Å². The normalized spacial score (nSPS) is 41.3. The zero-order chi connectivity index (χ0) is 9.54. The standard InChI is InChI=1S/C11H18N2O/c12-11-3-1-2-4-13(11)5-8-9-6-14-7-10(8)9/h8-10,12H,1-7H2. The van der Waals surface area contributed by atoms with E-state index >= 15 is 0 Å². The highest BCUT2D eigenvalue weighted by Crippen LogP contribution is 2.51. The van der Waals surface area contributed by atoms with Crippen LogP contribution in [0.4, 0.5) is 0 Å². The number of nitrogens with one attached hydrogen (secondary N) is 1. The number of piperidine rings is 1. The molecule has 0 bridgehead atoms. The third-order valence-electron chi connectivity index (χ3n) is 4.03. The van der Waals surface area contributed by atoms with Gasteiger partial charge in [0.05, 0.1) is 19.0 Å². The lowest BCUT2D eigenvalue weighted by molar-refractivity contribution is 0.145. The van der Waals surface area contributed by atoms with Crippen LogP contribution in [0, 0.1) is 23.2 Å². The first kappa shape index (κ1) is 8.72. The highest BCUT2D eigenvalue weighted by Gasteiger charge is 2.54. The first-order valence-corrected chi connectivity index (χ1v) is 5.76. The molecule has 78 valence electrons.